The zero-order chi connectivity index (χ0) is 19.1. The highest BCUT2D eigenvalue weighted by molar-refractivity contribution is 6.13. The molecule has 4 heteroatoms. The first kappa shape index (κ1) is 20.0. The van der Waals surface area contributed by atoms with Gasteiger partial charge in [0.2, 0.25) is 0 Å². The van der Waals surface area contributed by atoms with Crippen LogP contribution in [-0.4, -0.2) is 22.2 Å². The number of fused-ring (bicyclic) bond motifs is 1. The predicted octanol–water partition coefficient (Wildman–Crippen LogP) is 5.70. The molecule has 2 N–H and O–H groups in total. The van der Waals surface area contributed by atoms with Crippen molar-refractivity contribution in [2.75, 3.05) is 0 Å². The quantitative estimate of drug-likeness (QED) is 0.535. The van der Waals surface area contributed by atoms with Crippen molar-refractivity contribution in [3.8, 4) is 0 Å². The van der Waals surface area contributed by atoms with E-state index in [-0.39, 0.29) is 11.1 Å². The SMILES string of the molecule is CCCCCc1cc2cccc(C(=O)O)c2c(C(=O)O)c1CCCCC. The second-order valence-electron chi connectivity index (χ2n) is 6.82. The van der Waals surface area contributed by atoms with E-state index in [1.54, 1.807) is 6.07 Å². The van der Waals surface area contributed by atoms with Crippen LogP contribution in [0.4, 0.5) is 0 Å². The van der Waals surface area contributed by atoms with Gasteiger partial charge in [-0.15, -0.1) is 0 Å². The van der Waals surface area contributed by atoms with Crippen LogP contribution >= 0.6 is 0 Å². The van der Waals surface area contributed by atoms with Gasteiger partial charge in [0.1, 0.15) is 0 Å². The van der Waals surface area contributed by atoms with Crippen LogP contribution in [0.25, 0.3) is 10.8 Å². The van der Waals surface area contributed by atoms with E-state index in [9.17, 15) is 19.8 Å². The van der Waals surface area contributed by atoms with Gasteiger partial charge in [0.25, 0.3) is 0 Å². The van der Waals surface area contributed by atoms with Crippen LogP contribution in [0.3, 0.4) is 0 Å². The number of benzene rings is 2. The Hall–Kier alpha value is -2.36. The lowest BCUT2D eigenvalue weighted by Gasteiger charge is -2.17. The lowest BCUT2D eigenvalue weighted by atomic mass is 9.87. The predicted molar refractivity (Wildman–Crippen MR) is 104 cm³/mol. The Morgan fingerprint density at radius 2 is 1.54 bits per heavy atom. The molecular weight excluding hydrogens is 328 g/mol. The molecule has 26 heavy (non-hydrogen) atoms. The Labute approximate surface area is 154 Å². The lowest BCUT2D eigenvalue weighted by molar-refractivity contribution is 0.0694. The minimum Gasteiger partial charge on any atom is -0.478 e. The Kier molecular flexibility index (Phi) is 7.19. The summed E-state index contributed by atoms with van der Waals surface area (Å²) >= 11 is 0. The molecule has 0 heterocycles. The summed E-state index contributed by atoms with van der Waals surface area (Å²) in [5.41, 5.74) is 2.13. The maximum atomic E-state index is 12.1. The van der Waals surface area contributed by atoms with E-state index in [1.165, 1.54) is 6.07 Å². The van der Waals surface area contributed by atoms with Gasteiger partial charge < -0.3 is 10.2 Å². The Balaban J connectivity index is 2.70. The second-order valence-corrected chi connectivity index (χ2v) is 6.82. The largest absolute Gasteiger partial charge is 0.478 e. The van der Waals surface area contributed by atoms with Crippen LogP contribution in [0.5, 0.6) is 0 Å². The summed E-state index contributed by atoms with van der Waals surface area (Å²) in [5, 5.41) is 20.5. The molecule has 0 bridgehead atoms. The number of aryl methyl sites for hydroxylation is 1. The van der Waals surface area contributed by atoms with Crippen molar-refractivity contribution >= 4 is 22.7 Å². The minimum atomic E-state index is -1.09. The molecule has 0 aliphatic heterocycles. The van der Waals surface area contributed by atoms with Gasteiger partial charge >= 0.3 is 11.9 Å². The second kappa shape index (κ2) is 9.37. The van der Waals surface area contributed by atoms with Crippen molar-refractivity contribution in [1.29, 1.82) is 0 Å². The maximum absolute atomic E-state index is 12.1. The highest BCUT2D eigenvalue weighted by atomic mass is 16.4. The van der Waals surface area contributed by atoms with Gasteiger partial charge in [-0.3, -0.25) is 0 Å². The molecule has 0 amide bonds. The fourth-order valence-electron chi connectivity index (χ4n) is 3.60. The Bertz CT molecular complexity index is 792. The molecule has 0 atom stereocenters. The molecule has 4 nitrogen and oxygen atoms in total. The molecule has 2 aromatic rings. The summed E-state index contributed by atoms with van der Waals surface area (Å²) in [5.74, 6) is -2.12. The highest BCUT2D eigenvalue weighted by Crippen LogP contribution is 2.31. The standard InChI is InChI=1S/C22H28O4/c1-3-5-7-10-15-14-16-11-9-13-18(21(23)24)19(16)20(22(25)26)17(15)12-8-6-4-2/h9,11,13-14H,3-8,10,12H2,1-2H3,(H,23,24)(H,25,26). The summed E-state index contributed by atoms with van der Waals surface area (Å²) in [4.78, 5) is 23.8. The number of hydrogen-bond donors (Lipinski definition) is 2. The van der Waals surface area contributed by atoms with E-state index in [4.69, 9.17) is 0 Å². The maximum Gasteiger partial charge on any atom is 0.336 e. The molecule has 0 aliphatic carbocycles. The number of carbonyl (C=O) groups is 2. The number of carboxylic acid groups (broad SMARTS) is 2. The summed E-state index contributed by atoms with van der Waals surface area (Å²) < 4.78 is 0. The molecule has 0 fully saturated rings. The first-order valence-electron chi connectivity index (χ1n) is 9.55. The molecular formula is C22H28O4. The van der Waals surface area contributed by atoms with E-state index >= 15 is 0 Å². The number of hydrogen-bond acceptors (Lipinski definition) is 2. The topological polar surface area (TPSA) is 74.6 Å². The van der Waals surface area contributed by atoms with Crippen LogP contribution in [0.1, 0.15) is 84.2 Å². The van der Waals surface area contributed by atoms with Gasteiger partial charge in [-0.25, -0.2) is 9.59 Å². The summed E-state index contributed by atoms with van der Waals surface area (Å²) in [6, 6.07) is 6.99. The molecule has 0 radical (unpaired) electrons. The molecule has 0 saturated heterocycles. The van der Waals surface area contributed by atoms with Crippen LogP contribution in [-0.2, 0) is 12.8 Å². The van der Waals surface area contributed by atoms with Crippen LogP contribution < -0.4 is 0 Å². The first-order valence-corrected chi connectivity index (χ1v) is 9.55. The fraction of sp³-hybridized carbons (Fsp3) is 0.455. The average molecular weight is 356 g/mol. The van der Waals surface area contributed by atoms with Crippen LogP contribution in [0, 0.1) is 0 Å². The number of unbranched alkanes of at least 4 members (excludes halogenated alkanes) is 4. The van der Waals surface area contributed by atoms with Gasteiger partial charge in [0.05, 0.1) is 11.1 Å². The van der Waals surface area contributed by atoms with Gasteiger partial charge in [0.15, 0.2) is 0 Å². The number of aromatic carboxylic acids is 2. The number of rotatable bonds is 10. The third kappa shape index (κ3) is 4.43. The van der Waals surface area contributed by atoms with Gasteiger partial charge in [-0.1, -0.05) is 57.7 Å². The van der Waals surface area contributed by atoms with Crippen molar-refractivity contribution < 1.29 is 19.8 Å². The van der Waals surface area contributed by atoms with E-state index in [2.05, 4.69) is 13.8 Å². The molecule has 140 valence electrons. The first-order chi connectivity index (χ1) is 12.5. The van der Waals surface area contributed by atoms with Crippen molar-refractivity contribution in [2.45, 2.75) is 65.2 Å². The summed E-state index contributed by atoms with van der Waals surface area (Å²) in [7, 11) is 0. The summed E-state index contributed by atoms with van der Waals surface area (Å²) in [6.07, 6.45) is 7.74. The molecule has 0 unspecified atom stereocenters. The Morgan fingerprint density at radius 1 is 0.885 bits per heavy atom. The molecule has 2 rings (SSSR count). The van der Waals surface area contributed by atoms with Gasteiger partial charge in [0, 0.05) is 5.39 Å². The molecule has 0 aliphatic rings. The van der Waals surface area contributed by atoms with Crippen molar-refractivity contribution in [1.82, 2.24) is 0 Å². The zero-order valence-corrected chi connectivity index (χ0v) is 15.7. The van der Waals surface area contributed by atoms with E-state index in [1.807, 2.05) is 12.1 Å². The van der Waals surface area contributed by atoms with Crippen molar-refractivity contribution in [3.63, 3.8) is 0 Å². The normalized spacial score (nSPS) is 11.0. The zero-order valence-electron chi connectivity index (χ0n) is 15.7. The average Bonchev–Trinajstić information content (AvgIpc) is 2.61. The Morgan fingerprint density at radius 3 is 2.12 bits per heavy atom. The van der Waals surface area contributed by atoms with E-state index in [0.29, 0.717) is 17.2 Å². The van der Waals surface area contributed by atoms with Crippen molar-refractivity contribution in [3.05, 3.63) is 46.5 Å². The molecule has 0 spiro atoms. The van der Waals surface area contributed by atoms with Gasteiger partial charge in [-0.05, 0) is 48.3 Å². The molecule has 0 aromatic heterocycles. The molecule has 2 aromatic carbocycles. The monoisotopic (exact) mass is 356 g/mol. The van der Waals surface area contributed by atoms with Crippen LogP contribution in [0.2, 0.25) is 0 Å². The van der Waals surface area contributed by atoms with E-state index in [0.717, 1.165) is 56.1 Å². The number of carboxylic acids is 2. The third-order valence-corrected chi connectivity index (χ3v) is 4.89. The van der Waals surface area contributed by atoms with Crippen molar-refractivity contribution in [2.24, 2.45) is 0 Å². The fourth-order valence-corrected chi connectivity index (χ4v) is 3.60. The van der Waals surface area contributed by atoms with Gasteiger partial charge in [-0.2, -0.15) is 0 Å². The third-order valence-electron chi connectivity index (χ3n) is 4.89. The summed E-state index contributed by atoms with van der Waals surface area (Å²) in [6.45, 7) is 4.26. The molecule has 0 saturated carbocycles. The smallest absolute Gasteiger partial charge is 0.336 e. The van der Waals surface area contributed by atoms with E-state index < -0.39 is 11.9 Å². The van der Waals surface area contributed by atoms with Crippen LogP contribution in [0.15, 0.2) is 24.3 Å². The minimum absolute atomic E-state index is 0.0664. The lowest BCUT2D eigenvalue weighted by Crippen LogP contribution is -2.11. The highest BCUT2D eigenvalue weighted by Gasteiger charge is 2.22.